The third-order valence-corrected chi connectivity index (χ3v) is 3.13. The summed E-state index contributed by atoms with van der Waals surface area (Å²) in [4.78, 5) is 0. The molecule has 0 bridgehead atoms. The second kappa shape index (κ2) is 16.7. The van der Waals surface area contributed by atoms with Crippen molar-refractivity contribution >= 4 is 0 Å². The lowest BCUT2D eigenvalue weighted by molar-refractivity contribution is 0.156. The van der Waals surface area contributed by atoms with Crippen LogP contribution in [0.2, 0.25) is 0 Å². The maximum atomic E-state index is 8.52. The van der Waals surface area contributed by atoms with Gasteiger partial charge in [0.25, 0.3) is 0 Å². The minimum atomic E-state index is 0.113. The molecule has 0 unspecified atom stereocenters. The Morgan fingerprint density at radius 3 is 1.89 bits per heavy atom. The maximum Gasteiger partial charge on any atom is 0.0648 e. The Bertz CT molecular complexity index is 166. The molecule has 108 valence electrons. The van der Waals surface area contributed by atoms with Crippen molar-refractivity contribution in [2.45, 2.75) is 71.1 Å². The van der Waals surface area contributed by atoms with Gasteiger partial charge in [0.1, 0.15) is 0 Å². The molecule has 0 heterocycles. The summed E-state index contributed by atoms with van der Waals surface area (Å²) < 4.78 is 5.41. The summed E-state index contributed by atoms with van der Waals surface area (Å²) in [5.74, 6) is 0. The van der Waals surface area contributed by atoms with Gasteiger partial charge in [-0.2, -0.15) is 0 Å². The normalized spacial score (nSPS) is 11.4. The van der Waals surface area contributed by atoms with E-state index >= 15 is 0 Å². The topological polar surface area (TPSA) is 29.5 Å². The number of aliphatic hydroxyl groups is 1. The van der Waals surface area contributed by atoms with Crippen molar-refractivity contribution in [3.8, 4) is 0 Å². The van der Waals surface area contributed by atoms with Crippen LogP contribution in [0.15, 0.2) is 12.2 Å². The second-order valence-corrected chi connectivity index (χ2v) is 4.91. The Morgan fingerprint density at radius 1 is 0.778 bits per heavy atom. The molecule has 0 saturated carbocycles. The van der Waals surface area contributed by atoms with Crippen molar-refractivity contribution in [3.05, 3.63) is 12.2 Å². The lowest BCUT2D eigenvalue weighted by atomic mass is 10.1. The fourth-order valence-corrected chi connectivity index (χ4v) is 1.99. The highest BCUT2D eigenvalue weighted by molar-refractivity contribution is 4.80. The zero-order valence-corrected chi connectivity index (χ0v) is 12.2. The first-order valence-corrected chi connectivity index (χ1v) is 7.75. The number of hydrogen-bond acceptors (Lipinski definition) is 2. The van der Waals surface area contributed by atoms with Crippen molar-refractivity contribution in [1.82, 2.24) is 0 Å². The molecule has 0 rings (SSSR count). The smallest absolute Gasteiger partial charge is 0.0648 e. The lowest BCUT2D eigenvalue weighted by Crippen LogP contribution is -1.94. The molecule has 0 saturated heterocycles. The summed E-state index contributed by atoms with van der Waals surface area (Å²) in [5, 5.41) is 8.52. The van der Waals surface area contributed by atoms with E-state index in [1.54, 1.807) is 6.08 Å². The van der Waals surface area contributed by atoms with Crippen molar-refractivity contribution < 1.29 is 9.84 Å². The molecule has 0 radical (unpaired) electrons. The van der Waals surface area contributed by atoms with Gasteiger partial charge in [-0.1, -0.05) is 76.9 Å². The van der Waals surface area contributed by atoms with E-state index in [0.29, 0.717) is 6.61 Å². The van der Waals surface area contributed by atoms with E-state index in [-0.39, 0.29) is 6.61 Å². The van der Waals surface area contributed by atoms with Gasteiger partial charge < -0.3 is 9.84 Å². The summed E-state index contributed by atoms with van der Waals surface area (Å²) in [6.07, 6.45) is 17.2. The highest BCUT2D eigenvalue weighted by atomic mass is 16.5. The van der Waals surface area contributed by atoms with Gasteiger partial charge in [0.05, 0.1) is 13.2 Å². The van der Waals surface area contributed by atoms with Gasteiger partial charge in [-0.3, -0.25) is 0 Å². The van der Waals surface area contributed by atoms with E-state index in [0.717, 1.165) is 6.61 Å². The first-order valence-electron chi connectivity index (χ1n) is 7.75. The molecule has 2 nitrogen and oxygen atoms in total. The Balaban J connectivity index is 2.92. The van der Waals surface area contributed by atoms with Gasteiger partial charge in [-0.25, -0.2) is 0 Å². The first-order chi connectivity index (χ1) is 8.91. The van der Waals surface area contributed by atoms with Gasteiger partial charge in [-0.05, 0) is 6.42 Å². The molecular formula is C16H32O2. The van der Waals surface area contributed by atoms with Crippen LogP contribution in [-0.2, 0) is 4.74 Å². The molecular weight excluding hydrogens is 224 g/mol. The molecule has 0 spiro atoms. The predicted molar refractivity (Wildman–Crippen MR) is 78.9 cm³/mol. The van der Waals surface area contributed by atoms with E-state index in [2.05, 4.69) is 6.92 Å². The number of aliphatic hydroxyl groups excluding tert-OH is 1. The minimum absolute atomic E-state index is 0.113. The molecule has 0 aromatic heterocycles. The molecule has 1 N–H and O–H groups in total. The van der Waals surface area contributed by atoms with Crippen LogP contribution in [0.4, 0.5) is 0 Å². The average Bonchev–Trinajstić information content (AvgIpc) is 2.39. The number of ether oxygens (including phenoxy) is 1. The van der Waals surface area contributed by atoms with E-state index in [4.69, 9.17) is 9.84 Å². The minimum Gasteiger partial charge on any atom is -0.392 e. The van der Waals surface area contributed by atoms with Gasteiger partial charge in [0.2, 0.25) is 0 Å². The lowest BCUT2D eigenvalue weighted by Gasteiger charge is -2.02. The monoisotopic (exact) mass is 256 g/mol. The molecule has 0 aromatic rings. The van der Waals surface area contributed by atoms with E-state index in [1.807, 2.05) is 6.08 Å². The zero-order valence-electron chi connectivity index (χ0n) is 12.2. The third kappa shape index (κ3) is 15.7. The van der Waals surface area contributed by atoms with Gasteiger partial charge in [0, 0.05) is 6.61 Å². The van der Waals surface area contributed by atoms with Crippen LogP contribution < -0.4 is 0 Å². The third-order valence-electron chi connectivity index (χ3n) is 3.13. The van der Waals surface area contributed by atoms with Gasteiger partial charge in [-0.15, -0.1) is 0 Å². The first kappa shape index (κ1) is 17.7. The van der Waals surface area contributed by atoms with Crippen molar-refractivity contribution in [2.75, 3.05) is 19.8 Å². The Morgan fingerprint density at radius 2 is 1.33 bits per heavy atom. The fraction of sp³-hybridized carbons (Fsp3) is 0.875. The van der Waals surface area contributed by atoms with E-state index < -0.39 is 0 Å². The van der Waals surface area contributed by atoms with Crippen molar-refractivity contribution in [2.24, 2.45) is 0 Å². The van der Waals surface area contributed by atoms with E-state index in [9.17, 15) is 0 Å². The molecule has 2 heteroatoms. The predicted octanol–water partition coefficient (Wildman–Crippen LogP) is 4.47. The largest absolute Gasteiger partial charge is 0.392 e. The highest BCUT2D eigenvalue weighted by Crippen LogP contribution is 2.10. The second-order valence-electron chi connectivity index (χ2n) is 4.91. The Hall–Kier alpha value is -0.340. The number of unbranched alkanes of at least 4 members (excludes halogenated alkanes) is 9. The summed E-state index contributed by atoms with van der Waals surface area (Å²) in [5.41, 5.74) is 0. The Labute approximate surface area is 113 Å². The molecule has 0 amide bonds. The van der Waals surface area contributed by atoms with Crippen LogP contribution in [0.3, 0.4) is 0 Å². The van der Waals surface area contributed by atoms with Gasteiger partial charge >= 0.3 is 0 Å². The summed E-state index contributed by atoms with van der Waals surface area (Å²) in [7, 11) is 0. The maximum absolute atomic E-state index is 8.52. The van der Waals surface area contributed by atoms with Crippen LogP contribution >= 0.6 is 0 Å². The average molecular weight is 256 g/mol. The molecule has 0 fully saturated rings. The zero-order chi connectivity index (χ0) is 13.3. The molecule has 0 atom stereocenters. The summed E-state index contributed by atoms with van der Waals surface area (Å²) in [6, 6.07) is 0. The number of rotatable bonds is 14. The summed E-state index contributed by atoms with van der Waals surface area (Å²) >= 11 is 0. The molecule has 18 heavy (non-hydrogen) atoms. The van der Waals surface area contributed by atoms with E-state index in [1.165, 1.54) is 64.2 Å². The quantitative estimate of drug-likeness (QED) is 0.367. The Kier molecular flexibility index (Phi) is 16.3. The summed E-state index contributed by atoms with van der Waals surface area (Å²) in [6.45, 7) is 3.87. The molecule has 0 aromatic carbocycles. The van der Waals surface area contributed by atoms with Crippen LogP contribution in [0, 0.1) is 0 Å². The van der Waals surface area contributed by atoms with Crippen LogP contribution in [0.1, 0.15) is 71.1 Å². The molecule has 0 aliphatic rings. The van der Waals surface area contributed by atoms with Crippen molar-refractivity contribution in [1.29, 1.82) is 0 Å². The number of hydrogen-bond donors (Lipinski definition) is 1. The van der Waals surface area contributed by atoms with Crippen LogP contribution in [-0.4, -0.2) is 24.9 Å². The standard InChI is InChI=1S/C16H32O2/c1-2-3-4-5-6-7-8-9-10-12-15-18-16-13-11-14-17/h11,13,17H,2-10,12,14-16H2,1H3/b13-11-. The van der Waals surface area contributed by atoms with Crippen LogP contribution in [0.5, 0.6) is 0 Å². The van der Waals surface area contributed by atoms with Gasteiger partial charge in [0.15, 0.2) is 0 Å². The highest BCUT2D eigenvalue weighted by Gasteiger charge is 1.92. The van der Waals surface area contributed by atoms with Crippen LogP contribution in [0.25, 0.3) is 0 Å². The molecule has 0 aliphatic heterocycles. The van der Waals surface area contributed by atoms with Crippen molar-refractivity contribution in [3.63, 3.8) is 0 Å². The molecule has 0 aliphatic carbocycles. The fourth-order valence-electron chi connectivity index (χ4n) is 1.99. The SMILES string of the molecule is CCCCCCCCCCCCOC/C=C\CO.